The molecular formula is C15H13F3N4OS. The number of aromatic nitrogens is 4. The van der Waals surface area contributed by atoms with Gasteiger partial charge in [-0.1, -0.05) is 30.0 Å². The molecule has 3 aromatic rings. The molecule has 0 spiro atoms. The highest BCUT2D eigenvalue weighted by atomic mass is 32.2. The number of ketones is 1. The van der Waals surface area contributed by atoms with E-state index in [-0.39, 0.29) is 16.7 Å². The van der Waals surface area contributed by atoms with Gasteiger partial charge in [0, 0.05) is 22.2 Å². The summed E-state index contributed by atoms with van der Waals surface area (Å²) in [6.07, 6.45) is -3.35. The smallest absolute Gasteiger partial charge is 0.358 e. The number of nitrogens with one attached hydrogen (secondary N) is 1. The lowest BCUT2D eigenvalue weighted by Gasteiger charge is -2.08. The highest BCUT2D eigenvalue weighted by Gasteiger charge is 2.29. The molecule has 0 saturated heterocycles. The number of para-hydroxylation sites is 1. The Morgan fingerprint density at radius 1 is 1.33 bits per heavy atom. The van der Waals surface area contributed by atoms with Gasteiger partial charge in [0.1, 0.15) is 12.9 Å². The molecule has 2 heterocycles. The maximum atomic E-state index is 12.5. The number of nitrogens with zero attached hydrogens (tertiary/aromatic N) is 3. The van der Waals surface area contributed by atoms with Crippen molar-refractivity contribution in [3.05, 3.63) is 41.9 Å². The van der Waals surface area contributed by atoms with E-state index < -0.39 is 12.7 Å². The van der Waals surface area contributed by atoms with Gasteiger partial charge in [0.25, 0.3) is 0 Å². The van der Waals surface area contributed by atoms with Crippen LogP contribution in [0.5, 0.6) is 0 Å². The number of aryl methyl sites for hydroxylation is 1. The van der Waals surface area contributed by atoms with Crippen molar-refractivity contribution in [1.82, 2.24) is 19.7 Å². The minimum atomic E-state index is -4.37. The van der Waals surface area contributed by atoms with Crippen molar-refractivity contribution in [1.29, 1.82) is 0 Å². The second kappa shape index (κ2) is 6.31. The molecule has 2 aromatic heterocycles. The first-order valence-corrected chi connectivity index (χ1v) is 8.01. The van der Waals surface area contributed by atoms with Crippen LogP contribution in [0.1, 0.15) is 16.1 Å². The van der Waals surface area contributed by atoms with E-state index in [1.807, 2.05) is 24.3 Å². The summed E-state index contributed by atoms with van der Waals surface area (Å²) in [6.45, 7) is 0.618. The lowest BCUT2D eigenvalue weighted by atomic mass is 10.1. The number of rotatable bonds is 5. The zero-order valence-electron chi connectivity index (χ0n) is 12.6. The summed E-state index contributed by atoms with van der Waals surface area (Å²) >= 11 is 0.944. The summed E-state index contributed by atoms with van der Waals surface area (Å²) in [5, 5.41) is 8.01. The topological polar surface area (TPSA) is 63.6 Å². The minimum absolute atomic E-state index is 0.0146. The summed E-state index contributed by atoms with van der Waals surface area (Å²) in [5.74, 6) is -0.185. The molecule has 5 nitrogen and oxygen atoms in total. The molecule has 0 aliphatic carbocycles. The number of thioether (sulfide) groups is 1. The third-order valence-electron chi connectivity index (χ3n) is 3.43. The van der Waals surface area contributed by atoms with Crippen LogP contribution in [0.15, 0.2) is 35.7 Å². The molecule has 1 N–H and O–H groups in total. The highest BCUT2D eigenvalue weighted by molar-refractivity contribution is 7.99. The summed E-state index contributed by atoms with van der Waals surface area (Å²) in [7, 11) is 0. The molecule has 24 heavy (non-hydrogen) atoms. The van der Waals surface area contributed by atoms with Crippen LogP contribution in [-0.4, -0.2) is 37.5 Å². The average Bonchev–Trinajstić information content (AvgIpc) is 3.06. The monoisotopic (exact) mass is 354 g/mol. The predicted octanol–water partition coefficient (Wildman–Crippen LogP) is 3.61. The third kappa shape index (κ3) is 3.45. The number of carbonyl (C=O) groups is 1. The van der Waals surface area contributed by atoms with Crippen LogP contribution < -0.4 is 0 Å². The quantitative estimate of drug-likeness (QED) is 0.562. The van der Waals surface area contributed by atoms with Crippen LogP contribution >= 0.6 is 11.8 Å². The molecule has 0 aliphatic rings. The zero-order chi connectivity index (χ0) is 17.3. The van der Waals surface area contributed by atoms with E-state index in [4.69, 9.17) is 0 Å². The Kier molecular flexibility index (Phi) is 4.35. The number of benzene rings is 1. The number of hydrogen-bond donors (Lipinski definition) is 1. The van der Waals surface area contributed by atoms with Gasteiger partial charge in [-0.25, -0.2) is 0 Å². The van der Waals surface area contributed by atoms with Gasteiger partial charge < -0.3 is 4.98 Å². The van der Waals surface area contributed by atoms with Gasteiger partial charge >= 0.3 is 6.18 Å². The average molecular weight is 354 g/mol. The van der Waals surface area contributed by atoms with Crippen LogP contribution in [0.2, 0.25) is 0 Å². The molecule has 0 saturated carbocycles. The first kappa shape index (κ1) is 16.6. The fourth-order valence-electron chi connectivity index (χ4n) is 2.50. The van der Waals surface area contributed by atoms with E-state index in [1.54, 1.807) is 6.92 Å². The van der Waals surface area contributed by atoms with Crippen molar-refractivity contribution in [2.24, 2.45) is 0 Å². The lowest BCUT2D eigenvalue weighted by Crippen LogP contribution is -2.18. The molecule has 126 valence electrons. The van der Waals surface area contributed by atoms with E-state index >= 15 is 0 Å². The third-order valence-corrected chi connectivity index (χ3v) is 4.42. The Labute approximate surface area is 139 Å². The molecule has 9 heteroatoms. The Hall–Kier alpha value is -2.29. The van der Waals surface area contributed by atoms with Crippen LogP contribution in [-0.2, 0) is 6.54 Å². The number of H-pyrrole nitrogens is 1. The lowest BCUT2D eigenvalue weighted by molar-refractivity contribution is -0.142. The first-order valence-electron chi connectivity index (χ1n) is 7.03. The Morgan fingerprint density at radius 3 is 2.83 bits per heavy atom. The summed E-state index contributed by atoms with van der Waals surface area (Å²) in [4.78, 5) is 15.6. The number of hydrogen-bond acceptors (Lipinski definition) is 4. The second-order valence-electron chi connectivity index (χ2n) is 5.24. The largest absolute Gasteiger partial charge is 0.406 e. The van der Waals surface area contributed by atoms with E-state index in [0.29, 0.717) is 5.56 Å². The Morgan fingerprint density at radius 2 is 2.08 bits per heavy atom. The van der Waals surface area contributed by atoms with Gasteiger partial charge in [-0.15, -0.1) is 10.2 Å². The van der Waals surface area contributed by atoms with Crippen LogP contribution in [0.3, 0.4) is 0 Å². The van der Waals surface area contributed by atoms with Gasteiger partial charge in [-0.05, 0) is 13.0 Å². The Balaban J connectivity index is 1.77. The van der Waals surface area contributed by atoms with E-state index in [9.17, 15) is 18.0 Å². The molecule has 1 aromatic carbocycles. The van der Waals surface area contributed by atoms with E-state index in [0.717, 1.165) is 39.3 Å². The normalized spacial score (nSPS) is 12.0. The first-order chi connectivity index (χ1) is 11.3. The summed E-state index contributed by atoms with van der Waals surface area (Å²) in [5.41, 5.74) is 2.14. The molecule has 0 amide bonds. The van der Waals surface area contributed by atoms with Crippen LogP contribution in [0.25, 0.3) is 10.9 Å². The van der Waals surface area contributed by atoms with Gasteiger partial charge in [0.15, 0.2) is 10.9 Å². The molecule has 0 fully saturated rings. The van der Waals surface area contributed by atoms with Crippen molar-refractivity contribution in [2.75, 3.05) is 5.75 Å². The SMILES string of the molecule is Cc1[nH]c2ccccc2c1C(=O)CSc1nncn1CC(F)(F)F. The molecular weight excluding hydrogens is 341 g/mol. The van der Waals surface area contributed by atoms with Crippen LogP contribution in [0.4, 0.5) is 13.2 Å². The van der Waals surface area contributed by atoms with Gasteiger partial charge in [-0.3, -0.25) is 9.36 Å². The second-order valence-corrected chi connectivity index (χ2v) is 6.18. The standard InChI is InChI=1S/C15H13F3N4OS/c1-9-13(10-4-2-3-5-11(10)20-9)12(23)6-24-14-21-19-8-22(14)7-15(16,17)18/h2-5,8,20H,6-7H2,1H3. The number of Topliss-reactive ketones (excluding diaryl/α,β-unsaturated/α-hetero) is 1. The zero-order valence-corrected chi connectivity index (χ0v) is 13.4. The van der Waals surface area contributed by atoms with E-state index in [2.05, 4.69) is 15.2 Å². The number of alkyl halides is 3. The molecule has 0 bridgehead atoms. The molecule has 3 rings (SSSR count). The summed E-state index contributed by atoms with van der Waals surface area (Å²) in [6, 6.07) is 7.40. The Bertz CT molecular complexity index is 884. The minimum Gasteiger partial charge on any atom is -0.358 e. The van der Waals surface area contributed by atoms with Gasteiger partial charge in [-0.2, -0.15) is 13.2 Å². The van der Waals surface area contributed by atoms with Gasteiger partial charge in [0.2, 0.25) is 0 Å². The fourth-order valence-corrected chi connectivity index (χ4v) is 3.28. The number of aromatic amines is 1. The molecule has 0 aliphatic heterocycles. The number of fused-ring (bicyclic) bond motifs is 1. The van der Waals surface area contributed by atoms with Crippen molar-refractivity contribution < 1.29 is 18.0 Å². The maximum absolute atomic E-state index is 12.5. The predicted molar refractivity (Wildman–Crippen MR) is 84.2 cm³/mol. The molecule has 0 atom stereocenters. The van der Waals surface area contributed by atoms with Crippen molar-refractivity contribution in [2.45, 2.75) is 24.8 Å². The number of halogens is 3. The van der Waals surface area contributed by atoms with Gasteiger partial charge in [0.05, 0.1) is 5.75 Å². The highest BCUT2D eigenvalue weighted by Crippen LogP contribution is 2.26. The van der Waals surface area contributed by atoms with Crippen molar-refractivity contribution >= 4 is 28.4 Å². The summed E-state index contributed by atoms with van der Waals surface area (Å²) < 4.78 is 38.4. The molecule has 0 radical (unpaired) electrons. The number of carbonyl (C=O) groups excluding carboxylic acids is 1. The van der Waals surface area contributed by atoms with Crippen LogP contribution in [0, 0.1) is 6.92 Å². The van der Waals surface area contributed by atoms with Crippen molar-refractivity contribution in [3.63, 3.8) is 0 Å². The van der Waals surface area contributed by atoms with E-state index in [1.165, 1.54) is 0 Å². The van der Waals surface area contributed by atoms with Crippen molar-refractivity contribution in [3.8, 4) is 0 Å². The molecule has 0 unspecified atom stereocenters. The maximum Gasteiger partial charge on any atom is 0.406 e. The fraction of sp³-hybridized carbons (Fsp3) is 0.267.